The Morgan fingerprint density at radius 3 is 2.56 bits per heavy atom. The number of benzene rings is 2. The summed E-state index contributed by atoms with van der Waals surface area (Å²) in [6.07, 6.45) is 0.701. The van der Waals surface area contributed by atoms with Gasteiger partial charge in [-0.25, -0.2) is 4.79 Å². The SMILES string of the molecule is CC(C)CC(=O)Nc1ccc(C(=O)CN2C(=O)N[C@@]3(CCOc4ccccc43)C2=O)cc1. The Hall–Kier alpha value is -3.68. The van der Waals surface area contributed by atoms with E-state index >= 15 is 0 Å². The van der Waals surface area contributed by atoms with Crippen molar-refractivity contribution in [1.29, 1.82) is 0 Å². The number of nitrogens with zero attached hydrogens (tertiary/aromatic N) is 1. The molecule has 1 saturated heterocycles. The predicted octanol–water partition coefficient (Wildman–Crippen LogP) is 3.08. The van der Waals surface area contributed by atoms with Gasteiger partial charge in [0.15, 0.2) is 11.3 Å². The monoisotopic (exact) mass is 435 g/mol. The van der Waals surface area contributed by atoms with E-state index in [1.807, 2.05) is 13.8 Å². The fourth-order valence-corrected chi connectivity index (χ4v) is 4.07. The molecule has 32 heavy (non-hydrogen) atoms. The summed E-state index contributed by atoms with van der Waals surface area (Å²) < 4.78 is 5.62. The van der Waals surface area contributed by atoms with Crippen molar-refractivity contribution in [3.05, 3.63) is 59.7 Å². The molecule has 1 atom stereocenters. The van der Waals surface area contributed by atoms with Crippen LogP contribution in [0.3, 0.4) is 0 Å². The Morgan fingerprint density at radius 2 is 1.84 bits per heavy atom. The first kappa shape index (κ1) is 21.5. The molecular weight excluding hydrogens is 410 g/mol. The maximum Gasteiger partial charge on any atom is 0.325 e. The number of para-hydroxylation sites is 1. The number of rotatable bonds is 6. The highest BCUT2D eigenvalue weighted by Crippen LogP contribution is 2.40. The van der Waals surface area contributed by atoms with E-state index in [1.165, 1.54) is 0 Å². The number of fused-ring (bicyclic) bond motifs is 2. The van der Waals surface area contributed by atoms with Crippen molar-refractivity contribution in [2.24, 2.45) is 5.92 Å². The van der Waals surface area contributed by atoms with Crippen LogP contribution in [-0.2, 0) is 15.1 Å². The molecule has 2 aliphatic rings. The Kier molecular flexibility index (Phi) is 5.69. The van der Waals surface area contributed by atoms with Gasteiger partial charge >= 0.3 is 6.03 Å². The number of carbonyl (C=O) groups is 4. The van der Waals surface area contributed by atoms with Gasteiger partial charge in [0, 0.05) is 29.7 Å². The Labute approximate surface area is 185 Å². The van der Waals surface area contributed by atoms with Crippen LogP contribution in [-0.4, -0.2) is 41.7 Å². The summed E-state index contributed by atoms with van der Waals surface area (Å²) >= 11 is 0. The van der Waals surface area contributed by atoms with E-state index in [0.29, 0.717) is 35.4 Å². The summed E-state index contributed by atoms with van der Waals surface area (Å²) in [4.78, 5) is 51.6. The van der Waals surface area contributed by atoms with Gasteiger partial charge in [-0.3, -0.25) is 19.3 Å². The Morgan fingerprint density at radius 1 is 1.12 bits per heavy atom. The molecule has 0 unspecified atom stereocenters. The lowest BCUT2D eigenvalue weighted by molar-refractivity contribution is -0.132. The summed E-state index contributed by atoms with van der Waals surface area (Å²) in [7, 11) is 0. The molecule has 2 aromatic carbocycles. The van der Waals surface area contributed by atoms with Crippen LogP contribution in [0, 0.1) is 5.92 Å². The Bertz CT molecular complexity index is 1080. The summed E-state index contributed by atoms with van der Waals surface area (Å²) in [6.45, 7) is 3.84. The highest BCUT2D eigenvalue weighted by Gasteiger charge is 2.55. The van der Waals surface area contributed by atoms with E-state index in [4.69, 9.17) is 4.74 Å². The number of hydrogen-bond acceptors (Lipinski definition) is 5. The predicted molar refractivity (Wildman–Crippen MR) is 117 cm³/mol. The van der Waals surface area contributed by atoms with Crippen LogP contribution in [0.1, 0.15) is 42.6 Å². The number of Topliss-reactive ketones (excluding diaryl/α,β-unsaturated/α-hetero) is 1. The van der Waals surface area contributed by atoms with Gasteiger partial charge in [0.1, 0.15) is 5.75 Å². The molecule has 0 aliphatic carbocycles. The number of imide groups is 1. The van der Waals surface area contributed by atoms with E-state index in [2.05, 4.69) is 10.6 Å². The second kappa shape index (κ2) is 8.45. The molecule has 4 rings (SSSR count). The van der Waals surface area contributed by atoms with Crippen molar-refractivity contribution >= 4 is 29.3 Å². The van der Waals surface area contributed by atoms with Gasteiger partial charge in [-0.2, -0.15) is 0 Å². The van der Waals surface area contributed by atoms with Crippen LogP contribution in [0.5, 0.6) is 5.75 Å². The largest absolute Gasteiger partial charge is 0.493 e. The second-order valence-electron chi connectivity index (χ2n) is 8.47. The minimum absolute atomic E-state index is 0.0968. The third-order valence-electron chi connectivity index (χ3n) is 5.64. The van der Waals surface area contributed by atoms with E-state index in [9.17, 15) is 19.2 Å². The topological polar surface area (TPSA) is 105 Å². The minimum Gasteiger partial charge on any atom is -0.493 e. The lowest BCUT2D eigenvalue weighted by atomic mass is 9.84. The molecule has 0 radical (unpaired) electrons. The molecule has 0 aromatic heterocycles. The fourth-order valence-electron chi connectivity index (χ4n) is 4.07. The van der Waals surface area contributed by atoms with Gasteiger partial charge in [-0.1, -0.05) is 32.0 Å². The van der Waals surface area contributed by atoms with Crippen molar-refractivity contribution < 1.29 is 23.9 Å². The molecule has 2 aliphatic heterocycles. The zero-order chi connectivity index (χ0) is 22.9. The molecule has 166 valence electrons. The quantitative estimate of drug-likeness (QED) is 0.536. The third-order valence-corrected chi connectivity index (χ3v) is 5.64. The summed E-state index contributed by atoms with van der Waals surface area (Å²) in [6, 6.07) is 12.9. The number of nitrogens with one attached hydrogen (secondary N) is 2. The molecule has 1 spiro atoms. The first-order chi connectivity index (χ1) is 15.3. The molecule has 1 fully saturated rings. The Balaban J connectivity index is 1.47. The molecule has 4 amide bonds. The van der Waals surface area contributed by atoms with Gasteiger partial charge in [-0.15, -0.1) is 0 Å². The van der Waals surface area contributed by atoms with Crippen molar-refractivity contribution in [2.45, 2.75) is 32.2 Å². The van der Waals surface area contributed by atoms with Crippen LogP contribution in [0.4, 0.5) is 10.5 Å². The van der Waals surface area contributed by atoms with Crippen LogP contribution in [0.15, 0.2) is 48.5 Å². The van der Waals surface area contributed by atoms with Gasteiger partial charge < -0.3 is 15.4 Å². The number of urea groups is 1. The maximum absolute atomic E-state index is 13.3. The minimum atomic E-state index is -1.21. The standard InChI is InChI=1S/C24H25N3O5/c1-15(2)13-21(29)25-17-9-7-16(8-10-17)19(28)14-27-22(30)24(26-23(27)31)11-12-32-20-6-4-3-5-18(20)24/h3-10,15H,11-14H2,1-2H3,(H,25,29)(H,26,31)/t24-/m1/s1. The fraction of sp³-hybridized carbons (Fsp3) is 0.333. The number of ether oxygens (including phenoxy) is 1. The van der Waals surface area contributed by atoms with Crippen molar-refractivity contribution in [3.8, 4) is 5.75 Å². The molecule has 2 aromatic rings. The molecule has 2 heterocycles. The molecule has 8 heteroatoms. The van der Waals surface area contributed by atoms with E-state index in [1.54, 1.807) is 48.5 Å². The van der Waals surface area contributed by atoms with Gasteiger partial charge in [0.2, 0.25) is 5.91 Å². The second-order valence-corrected chi connectivity index (χ2v) is 8.47. The average Bonchev–Trinajstić information content (AvgIpc) is 2.98. The van der Waals surface area contributed by atoms with Crippen molar-refractivity contribution in [3.63, 3.8) is 0 Å². The maximum atomic E-state index is 13.3. The van der Waals surface area contributed by atoms with Crippen molar-refractivity contribution in [1.82, 2.24) is 10.2 Å². The smallest absolute Gasteiger partial charge is 0.325 e. The number of hydrogen-bond donors (Lipinski definition) is 2. The molecular formula is C24H25N3O5. The van der Waals surface area contributed by atoms with E-state index < -0.39 is 17.5 Å². The number of ketones is 1. The molecule has 2 N–H and O–H groups in total. The average molecular weight is 435 g/mol. The normalized spacial score (nSPS) is 19.5. The summed E-state index contributed by atoms with van der Waals surface area (Å²) in [5, 5.41) is 5.57. The highest BCUT2D eigenvalue weighted by molar-refractivity contribution is 6.11. The first-order valence-electron chi connectivity index (χ1n) is 10.6. The van der Waals surface area contributed by atoms with Crippen LogP contribution >= 0.6 is 0 Å². The van der Waals surface area contributed by atoms with Crippen LogP contribution in [0.25, 0.3) is 0 Å². The van der Waals surface area contributed by atoms with E-state index in [0.717, 1.165) is 4.90 Å². The van der Waals surface area contributed by atoms with Gasteiger partial charge in [0.05, 0.1) is 13.2 Å². The van der Waals surface area contributed by atoms with Crippen LogP contribution < -0.4 is 15.4 Å². The number of amides is 4. The molecule has 0 saturated carbocycles. The van der Waals surface area contributed by atoms with Gasteiger partial charge in [-0.05, 0) is 36.2 Å². The zero-order valence-corrected chi connectivity index (χ0v) is 18.0. The highest BCUT2D eigenvalue weighted by atomic mass is 16.5. The lowest BCUT2D eigenvalue weighted by Gasteiger charge is -2.33. The number of anilines is 1. The van der Waals surface area contributed by atoms with Gasteiger partial charge in [0.25, 0.3) is 5.91 Å². The number of carbonyl (C=O) groups excluding carboxylic acids is 4. The zero-order valence-electron chi connectivity index (χ0n) is 18.0. The summed E-state index contributed by atoms with van der Waals surface area (Å²) in [5.41, 5.74) is 0.318. The molecule has 0 bridgehead atoms. The van der Waals surface area contributed by atoms with E-state index in [-0.39, 0.29) is 30.8 Å². The lowest BCUT2D eigenvalue weighted by Crippen LogP contribution is -2.47. The molecule has 8 nitrogen and oxygen atoms in total. The third kappa shape index (κ3) is 3.95. The first-order valence-corrected chi connectivity index (χ1v) is 10.6. The van der Waals surface area contributed by atoms with Crippen LogP contribution in [0.2, 0.25) is 0 Å². The summed E-state index contributed by atoms with van der Waals surface area (Å²) in [5.74, 6) is -0.128. The van der Waals surface area contributed by atoms with Crippen molar-refractivity contribution in [2.75, 3.05) is 18.5 Å².